The summed E-state index contributed by atoms with van der Waals surface area (Å²) in [7, 11) is 0. The minimum absolute atomic E-state index is 0.0779. The van der Waals surface area contributed by atoms with E-state index < -0.39 is 17.8 Å². The average Bonchev–Trinajstić information content (AvgIpc) is 2.54. The molecule has 9 heteroatoms. The lowest BCUT2D eigenvalue weighted by atomic mass is 9.88. The summed E-state index contributed by atoms with van der Waals surface area (Å²) in [5, 5.41) is 14.1. The van der Waals surface area contributed by atoms with E-state index in [1.54, 1.807) is 6.07 Å². The number of amides is 1. The molecule has 1 amide bonds. The lowest BCUT2D eigenvalue weighted by Crippen LogP contribution is -2.37. The number of anilines is 2. The first kappa shape index (κ1) is 17.0. The molecule has 1 aromatic heterocycles. The molecule has 3 rings (SSSR count). The Hall–Kier alpha value is -2.84. The highest BCUT2D eigenvalue weighted by atomic mass is 19.4. The van der Waals surface area contributed by atoms with Crippen LogP contribution in [0.3, 0.4) is 0 Å². The number of nitrogens with zero attached hydrogens (tertiary/aromatic N) is 2. The third-order valence-electron chi connectivity index (χ3n) is 4.00. The Kier molecular flexibility index (Phi) is 4.47. The van der Waals surface area contributed by atoms with Gasteiger partial charge in [0.2, 0.25) is 5.95 Å². The standard InChI is InChI=1S/C16H15F3N4O2/c17-16(18,19)11-7-20-14(21-8-11)22-12-3-1-10-6-13(23-15(24)25)4-2-9(10)5-12/h1,3,5,7-8,13,23H,2,4,6H2,(H,24,25)(H,20,21,22)/t13-/m0/s1. The van der Waals surface area contributed by atoms with Gasteiger partial charge < -0.3 is 15.7 Å². The third-order valence-corrected chi connectivity index (χ3v) is 4.00. The number of rotatable bonds is 3. The number of carboxylic acid groups (broad SMARTS) is 1. The molecule has 1 aliphatic carbocycles. The molecule has 0 aliphatic heterocycles. The van der Waals surface area contributed by atoms with Gasteiger partial charge in [-0.05, 0) is 42.5 Å². The Morgan fingerprint density at radius 2 is 1.92 bits per heavy atom. The molecule has 25 heavy (non-hydrogen) atoms. The van der Waals surface area contributed by atoms with Crippen molar-refractivity contribution < 1.29 is 23.1 Å². The van der Waals surface area contributed by atoms with Crippen LogP contribution in [0.5, 0.6) is 0 Å². The summed E-state index contributed by atoms with van der Waals surface area (Å²) in [4.78, 5) is 18.1. The second-order valence-electron chi connectivity index (χ2n) is 5.79. The molecular weight excluding hydrogens is 337 g/mol. The lowest BCUT2D eigenvalue weighted by Gasteiger charge is -2.25. The molecule has 2 aromatic rings. The monoisotopic (exact) mass is 352 g/mol. The summed E-state index contributed by atoms with van der Waals surface area (Å²) in [5.74, 6) is 0.0779. The van der Waals surface area contributed by atoms with Crippen LogP contribution >= 0.6 is 0 Å². The van der Waals surface area contributed by atoms with Crippen molar-refractivity contribution in [2.75, 3.05) is 5.32 Å². The average molecular weight is 352 g/mol. The molecule has 0 saturated carbocycles. The van der Waals surface area contributed by atoms with Gasteiger partial charge in [0, 0.05) is 24.1 Å². The number of benzene rings is 1. The van der Waals surface area contributed by atoms with Crippen molar-refractivity contribution in [2.24, 2.45) is 0 Å². The summed E-state index contributed by atoms with van der Waals surface area (Å²) in [6.45, 7) is 0. The number of aromatic nitrogens is 2. The van der Waals surface area contributed by atoms with Crippen molar-refractivity contribution >= 4 is 17.7 Å². The van der Waals surface area contributed by atoms with E-state index in [-0.39, 0.29) is 12.0 Å². The molecule has 0 saturated heterocycles. The first-order valence-electron chi connectivity index (χ1n) is 7.59. The van der Waals surface area contributed by atoms with E-state index in [2.05, 4.69) is 20.6 Å². The zero-order valence-corrected chi connectivity index (χ0v) is 13.0. The van der Waals surface area contributed by atoms with Gasteiger partial charge in [-0.25, -0.2) is 14.8 Å². The third kappa shape index (κ3) is 4.17. The molecule has 6 nitrogen and oxygen atoms in total. The predicted molar refractivity (Wildman–Crippen MR) is 83.7 cm³/mol. The number of aryl methyl sites for hydroxylation is 1. The van der Waals surface area contributed by atoms with E-state index in [0.717, 1.165) is 23.5 Å². The zero-order valence-electron chi connectivity index (χ0n) is 13.0. The minimum Gasteiger partial charge on any atom is -0.465 e. The number of halogens is 3. The Morgan fingerprint density at radius 3 is 2.56 bits per heavy atom. The fourth-order valence-corrected chi connectivity index (χ4v) is 2.80. The minimum atomic E-state index is -4.47. The van der Waals surface area contributed by atoms with Crippen LogP contribution in [0.25, 0.3) is 0 Å². The zero-order chi connectivity index (χ0) is 18.0. The van der Waals surface area contributed by atoms with Crippen LogP contribution in [0, 0.1) is 0 Å². The van der Waals surface area contributed by atoms with Crippen molar-refractivity contribution in [2.45, 2.75) is 31.5 Å². The van der Waals surface area contributed by atoms with E-state index in [9.17, 15) is 18.0 Å². The van der Waals surface area contributed by atoms with Gasteiger partial charge in [0.25, 0.3) is 0 Å². The highest BCUT2D eigenvalue weighted by Crippen LogP contribution is 2.29. The molecule has 1 aromatic carbocycles. The van der Waals surface area contributed by atoms with Crippen LogP contribution in [0.15, 0.2) is 30.6 Å². The summed E-state index contributed by atoms with van der Waals surface area (Å²) >= 11 is 0. The maximum absolute atomic E-state index is 12.5. The second-order valence-corrected chi connectivity index (χ2v) is 5.79. The van der Waals surface area contributed by atoms with Crippen LogP contribution in [-0.4, -0.2) is 27.2 Å². The fraction of sp³-hybridized carbons (Fsp3) is 0.312. The van der Waals surface area contributed by atoms with Crippen LogP contribution in [0.2, 0.25) is 0 Å². The van der Waals surface area contributed by atoms with Gasteiger partial charge in [-0.3, -0.25) is 0 Å². The SMILES string of the molecule is O=C(O)N[C@H]1CCc2cc(Nc3ncc(C(F)(F)F)cn3)ccc2C1. The Balaban J connectivity index is 1.70. The Morgan fingerprint density at radius 1 is 1.20 bits per heavy atom. The first-order valence-corrected chi connectivity index (χ1v) is 7.59. The molecule has 0 unspecified atom stereocenters. The highest BCUT2D eigenvalue weighted by Gasteiger charge is 2.31. The van der Waals surface area contributed by atoms with Gasteiger partial charge in [0.15, 0.2) is 0 Å². The molecule has 1 aliphatic rings. The smallest absolute Gasteiger partial charge is 0.419 e. The number of carbonyl (C=O) groups is 1. The molecular formula is C16H15F3N4O2. The molecule has 1 heterocycles. The van der Waals surface area contributed by atoms with Crippen LogP contribution < -0.4 is 10.6 Å². The van der Waals surface area contributed by atoms with Crippen molar-refractivity contribution in [3.05, 3.63) is 47.3 Å². The number of hydrogen-bond acceptors (Lipinski definition) is 4. The van der Waals surface area contributed by atoms with Crippen molar-refractivity contribution in [3.8, 4) is 0 Å². The summed E-state index contributed by atoms with van der Waals surface area (Å²) in [5.41, 5.74) is 1.88. The Bertz CT molecular complexity index is 778. The molecule has 1 atom stereocenters. The highest BCUT2D eigenvalue weighted by molar-refractivity contribution is 5.65. The van der Waals surface area contributed by atoms with Crippen LogP contribution in [0.4, 0.5) is 29.6 Å². The maximum Gasteiger partial charge on any atom is 0.419 e. The number of hydrogen-bond donors (Lipinski definition) is 3. The van der Waals surface area contributed by atoms with Crippen molar-refractivity contribution in [1.82, 2.24) is 15.3 Å². The Labute approximate surface area is 141 Å². The van der Waals surface area contributed by atoms with Crippen LogP contribution in [0.1, 0.15) is 23.1 Å². The van der Waals surface area contributed by atoms with Crippen molar-refractivity contribution in [3.63, 3.8) is 0 Å². The predicted octanol–water partition coefficient (Wildman–Crippen LogP) is 3.36. The molecule has 0 bridgehead atoms. The van der Waals surface area contributed by atoms with Crippen molar-refractivity contribution in [1.29, 1.82) is 0 Å². The molecule has 0 fully saturated rings. The van der Waals surface area contributed by atoms with Gasteiger partial charge in [-0.15, -0.1) is 0 Å². The van der Waals surface area contributed by atoms with Gasteiger partial charge in [0.05, 0.1) is 5.56 Å². The maximum atomic E-state index is 12.5. The largest absolute Gasteiger partial charge is 0.465 e. The summed E-state index contributed by atoms with van der Waals surface area (Å²) in [6.07, 6.45) is -2.02. The molecule has 3 N–H and O–H groups in total. The van der Waals surface area contributed by atoms with E-state index >= 15 is 0 Å². The van der Waals surface area contributed by atoms with Gasteiger partial charge in [0.1, 0.15) is 0 Å². The number of fused-ring (bicyclic) bond motifs is 1. The summed E-state index contributed by atoms with van der Waals surface area (Å²) < 4.78 is 37.5. The second kappa shape index (κ2) is 6.58. The lowest BCUT2D eigenvalue weighted by molar-refractivity contribution is -0.138. The molecule has 132 valence electrons. The number of alkyl halides is 3. The number of nitrogens with one attached hydrogen (secondary N) is 2. The van der Waals surface area contributed by atoms with E-state index in [0.29, 0.717) is 24.9 Å². The normalized spacial score (nSPS) is 16.8. The van der Waals surface area contributed by atoms with Gasteiger partial charge in [-0.1, -0.05) is 6.07 Å². The van der Waals surface area contributed by atoms with E-state index in [1.165, 1.54) is 0 Å². The van der Waals surface area contributed by atoms with E-state index in [1.807, 2.05) is 12.1 Å². The van der Waals surface area contributed by atoms with Gasteiger partial charge in [-0.2, -0.15) is 13.2 Å². The first-order chi connectivity index (χ1) is 11.8. The van der Waals surface area contributed by atoms with Crippen LogP contribution in [-0.2, 0) is 19.0 Å². The van der Waals surface area contributed by atoms with Gasteiger partial charge >= 0.3 is 12.3 Å². The topological polar surface area (TPSA) is 87.1 Å². The molecule has 0 radical (unpaired) electrons. The molecule has 0 spiro atoms. The quantitative estimate of drug-likeness (QED) is 0.788. The fourth-order valence-electron chi connectivity index (χ4n) is 2.80. The summed E-state index contributed by atoms with van der Waals surface area (Å²) in [6, 6.07) is 5.41. The van der Waals surface area contributed by atoms with E-state index in [4.69, 9.17) is 5.11 Å².